The number of benzene rings is 1. The zero-order valence-electron chi connectivity index (χ0n) is 11.3. The molecular weight excluding hydrogens is 226 g/mol. The summed E-state index contributed by atoms with van der Waals surface area (Å²) in [5.41, 5.74) is 1.06. The third kappa shape index (κ3) is 4.78. The van der Waals surface area contributed by atoms with Crippen LogP contribution in [0.4, 0.5) is 5.69 Å². The minimum absolute atomic E-state index is 0.308. The molecule has 0 aromatic heterocycles. The second kappa shape index (κ2) is 7.75. The Morgan fingerprint density at radius 2 is 2.00 bits per heavy atom. The van der Waals surface area contributed by atoms with Gasteiger partial charge in [0.25, 0.3) is 0 Å². The summed E-state index contributed by atoms with van der Waals surface area (Å²) in [6, 6.07) is 7.38. The zero-order valence-corrected chi connectivity index (χ0v) is 11.3. The Hall–Kier alpha value is -1.51. The van der Waals surface area contributed by atoms with Gasteiger partial charge < -0.3 is 10.4 Å². The van der Waals surface area contributed by atoms with Crippen LogP contribution in [-0.2, 0) is 0 Å². The van der Waals surface area contributed by atoms with E-state index in [4.69, 9.17) is 5.11 Å². The molecule has 1 unspecified atom stereocenters. The van der Waals surface area contributed by atoms with Crippen molar-refractivity contribution >= 4 is 11.7 Å². The van der Waals surface area contributed by atoms with Crippen molar-refractivity contribution in [3.05, 3.63) is 29.8 Å². The number of carboxylic acids is 1. The van der Waals surface area contributed by atoms with Crippen LogP contribution in [0.15, 0.2) is 24.3 Å². The number of hydrogen-bond donors (Lipinski definition) is 2. The summed E-state index contributed by atoms with van der Waals surface area (Å²) in [4.78, 5) is 11.1. The van der Waals surface area contributed by atoms with Gasteiger partial charge in [-0.2, -0.15) is 0 Å². The molecule has 1 atom stereocenters. The number of rotatable bonds is 8. The lowest BCUT2D eigenvalue weighted by Gasteiger charge is -2.16. The van der Waals surface area contributed by atoms with Crippen molar-refractivity contribution in [3.63, 3.8) is 0 Å². The van der Waals surface area contributed by atoms with E-state index in [0.717, 1.165) is 6.42 Å². The zero-order chi connectivity index (χ0) is 13.4. The molecule has 0 heterocycles. The van der Waals surface area contributed by atoms with Crippen molar-refractivity contribution in [2.24, 2.45) is 0 Å². The molecule has 18 heavy (non-hydrogen) atoms. The molecule has 0 aliphatic carbocycles. The molecule has 0 aliphatic heterocycles. The van der Waals surface area contributed by atoms with E-state index < -0.39 is 5.97 Å². The molecule has 0 spiro atoms. The number of carbonyl (C=O) groups is 1. The molecule has 1 rings (SSSR count). The quantitative estimate of drug-likeness (QED) is 0.680. The third-order valence-electron chi connectivity index (χ3n) is 3.05. The standard InChI is InChI=1S/C15H23NO2/c1-3-4-5-6-9-12(2)16-14-11-8-7-10-13(14)15(17)18/h7-8,10-12,16H,3-6,9H2,1-2H3,(H,17,18). The summed E-state index contributed by atoms with van der Waals surface area (Å²) in [6.07, 6.45) is 6.04. The smallest absolute Gasteiger partial charge is 0.337 e. The van der Waals surface area contributed by atoms with Crippen LogP contribution in [0.25, 0.3) is 0 Å². The lowest BCUT2D eigenvalue weighted by Crippen LogP contribution is -2.17. The molecule has 0 radical (unpaired) electrons. The SMILES string of the molecule is CCCCCCC(C)Nc1ccccc1C(=O)O. The van der Waals surface area contributed by atoms with Gasteiger partial charge in [-0.05, 0) is 25.5 Å². The van der Waals surface area contributed by atoms with Crippen LogP contribution in [0.2, 0.25) is 0 Å². The van der Waals surface area contributed by atoms with Crippen LogP contribution < -0.4 is 5.32 Å². The second-order valence-electron chi connectivity index (χ2n) is 4.75. The fourth-order valence-electron chi connectivity index (χ4n) is 2.01. The highest BCUT2D eigenvalue weighted by Crippen LogP contribution is 2.17. The first-order valence-electron chi connectivity index (χ1n) is 6.74. The average Bonchev–Trinajstić information content (AvgIpc) is 2.35. The number of anilines is 1. The number of carboxylic acid groups (broad SMARTS) is 1. The van der Waals surface area contributed by atoms with E-state index >= 15 is 0 Å². The van der Waals surface area contributed by atoms with Gasteiger partial charge in [0, 0.05) is 11.7 Å². The number of para-hydroxylation sites is 1. The van der Waals surface area contributed by atoms with Crippen molar-refractivity contribution in [1.29, 1.82) is 0 Å². The first kappa shape index (κ1) is 14.6. The lowest BCUT2D eigenvalue weighted by molar-refractivity contribution is 0.0698. The molecule has 1 aromatic carbocycles. The molecule has 0 saturated carbocycles. The van der Waals surface area contributed by atoms with Crippen LogP contribution >= 0.6 is 0 Å². The fraction of sp³-hybridized carbons (Fsp3) is 0.533. The second-order valence-corrected chi connectivity index (χ2v) is 4.75. The summed E-state index contributed by atoms with van der Waals surface area (Å²) in [6.45, 7) is 4.30. The minimum Gasteiger partial charge on any atom is -0.478 e. The first-order valence-corrected chi connectivity index (χ1v) is 6.74. The summed E-state index contributed by atoms with van der Waals surface area (Å²) in [5, 5.41) is 12.4. The Labute approximate surface area is 109 Å². The van der Waals surface area contributed by atoms with Gasteiger partial charge in [0.05, 0.1) is 5.56 Å². The maximum Gasteiger partial charge on any atom is 0.337 e. The van der Waals surface area contributed by atoms with Crippen LogP contribution in [0, 0.1) is 0 Å². The predicted molar refractivity (Wildman–Crippen MR) is 75.2 cm³/mol. The Morgan fingerprint density at radius 1 is 1.28 bits per heavy atom. The van der Waals surface area contributed by atoms with Crippen molar-refractivity contribution in [2.75, 3.05) is 5.32 Å². The number of hydrogen-bond acceptors (Lipinski definition) is 2. The van der Waals surface area contributed by atoms with Gasteiger partial charge in [-0.1, -0.05) is 44.7 Å². The van der Waals surface area contributed by atoms with Crippen LogP contribution in [-0.4, -0.2) is 17.1 Å². The van der Waals surface area contributed by atoms with Crippen molar-refractivity contribution < 1.29 is 9.90 Å². The minimum atomic E-state index is -0.878. The molecule has 3 heteroatoms. The Kier molecular flexibility index (Phi) is 6.26. The normalized spacial score (nSPS) is 12.1. The van der Waals surface area contributed by atoms with Gasteiger partial charge in [-0.15, -0.1) is 0 Å². The Morgan fingerprint density at radius 3 is 2.67 bits per heavy atom. The Bertz CT molecular complexity index is 377. The van der Waals surface area contributed by atoms with Crippen molar-refractivity contribution in [2.45, 2.75) is 52.0 Å². The molecule has 2 N–H and O–H groups in total. The lowest BCUT2D eigenvalue weighted by atomic mass is 10.1. The fourth-order valence-corrected chi connectivity index (χ4v) is 2.01. The highest BCUT2D eigenvalue weighted by atomic mass is 16.4. The van der Waals surface area contributed by atoms with E-state index in [9.17, 15) is 4.79 Å². The molecule has 0 amide bonds. The van der Waals surface area contributed by atoms with Crippen molar-refractivity contribution in [1.82, 2.24) is 0 Å². The van der Waals surface area contributed by atoms with E-state index in [0.29, 0.717) is 17.3 Å². The highest BCUT2D eigenvalue weighted by Gasteiger charge is 2.10. The van der Waals surface area contributed by atoms with E-state index in [1.165, 1.54) is 25.7 Å². The number of unbranched alkanes of at least 4 members (excludes halogenated alkanes) is 3. The van der Waals surface area contributed by atoms with Crippen molar-refractivity contribution in [3.8, 4) is 0 Å². The summed E-state index contributed by atoms with van der Waals surface area (Å²) in [7, 11) is 0. The predicted octanol–water partition coefficient (Wildman–Crippen LogP) is 4.16. The number of nitrogens with one attached hydrogen (secondary N) is 1. The van der Waals surface area contributed by atoms with Gasteiger partial charge in [0.1, 0.15) is 0 Å². The van der Waals surface area contributed by atoms with E-state index in [1.807, 2.05) is 12.1 Å². The molecule has 0 fully saturated rings. The summed E-state index contributed by atoms with van der Waals surface area (Å²) >= 11 is 0. The Balaban J connectivity index is 2.48. The average molecular weight is 249 g/mol. The number of aromatic carboxylic acids is 1. The van der Waals surface area contributed by atoms with Crippen LogP contribution in [0.3, 0.4) is 0 Å². The summed E-state index contributed by atoms with van der Waals surface area (Å²) in [5.74, 6) is -0.878. The molecule has 1 aromatic rings. The third-order valence-corrected chi connectivity index (χ3v) is 3.05. The molecular formula is C15H23NO2. The van der Waals surface area contributed by atoms with Gasteiger partial charge in [-0.25, -0.2) is 4.79 Å². The van der Waals surface area contributed by atoms with Gasteiger partial charge in [-0.3, -0.25) is 0 Å². The van der Waals surface area contributed by atoms with Crippen LogP contribution in [0.1, 0.15) is 56.3 Å². The largest absolute Gasteiger partial charge is 0.478 e. The maximum absolute atomic E-state index is 11.1. The molecule has 3 nitrogen and oxygen atoms in total. The molecule has 0 aliphatic rings. The summed E-state index contributed by atoms with van der Waals surface area (Å²) < 4.78 is 0. The van der Waals surface area contributed by atoms with Gasteiger partial charge >= 0.3 is 5.97 Å². The first-order chi connectivity index (χ1) is 8.65. The van der Waals surface area contributed by atoms with E-state index in [2.05, 4.69) is 19.2 Å². The topological polar surface area (TPSA) is 49.3 Å². The van der Waals surface area contributed by atoms with Gasteiger partial charge in [0.2, 0.25) is 0 Å². The highest BCUT2D eigenvalue weighted by molar-refractivity contribution is 5.94. The van der Waals surface area contributed by atoms with Crippen LogP contribution in [0.5, 0.6) is 0 Å². The molecule has 0 bridgehead atoms. The molecule has 0 saturated heterocycles. The monoisotopic (exact) mass is 249 g/mol. The van der Waals surface area contributed by atoms with E-state index in [1.54, 1.807) is 12.1 Å². The van der Waals surface area contributed by atoms with E-state index in [-0.39, 0.29) is 0 Å². The molecule has 100 valence electrons. The van der Waals surface area contributed by atoms with Gasteiger partial charge in [0.15, 0.2) is 0 Å². The maximum atomic E-state index is 11.1.